The molecule has 26 heavy (non-hydrogen) atoms. The van der Waals surface area contributed by atoms with Gasteiger partial charge < -0.3 is 9.88 Å². The minimum Gasteiger partial charge on any atom is -0.381 e. The molecule has 3 heteroatoms. The van der Waals surface area contributed by atoms with Crippen molar-refractivity contribution in [2.75, 3.05) is 14.1 Å². The summed E-state index contributed by atoms with van der Waals surface area (Å²) in [6.45, 7) is 4.08. The summed E-state index contributed by atoms with van der Waals surface area (Å²) in [5.41, 5.74) is 6.43. The number of aromatic amines is 1. The number of hydrogen-bond donors (Lipinski definition) is 1. The molecule has 2 aromatic rings. The van der Waals surface area contributed by atoms with E-state index in [9.17, 15) is 0 Å². The summed E-state index contributed by atoms with van der Waals surface area (Å²) in [6, 6.07) is 6.22. The van der Waals surface area contributed by atoms with Crippen molar-refractivity contribution in [3.8, 4) is 11.8 Å². The lowest BCUT2D eigenvalue weighted by atomic mass is 10.0. The SMILES string of the molecule is C/C=C\C=C(/C)c1ccc2cc(C#CC3=CC=C(N(C)C)CC3)[nH]c2n1. The molecule has 1 aliphatic carbocycles. The number of nitrogens with one attached hydrogen (secondary N) is 1. The average Bonchev–Trinajstić information content (AvgIpc) is 3.06. The first kappa shape index (κ1) is 17.8. The fourth-order valence-electron chi connectivity index (χ4n) is 2.87. The van der Waals surface area contributed by atoms with Crippen molar-refractivity contribution in [2.24, 2.45) is 0 Å². The molecule has 0 unspecified atom stereocenters. The number of allylic oxidation sites excluding steroid dienone is 8. The minimum absolute atomic E-state index is 0.882. The normalized spacial score (nSPS) is 14.8. The number of nitrogens with zero attached hydrogens (tertiary/aromatic N) is 2. The Balaban J connectivity index is 1.83. The van der Waals surface area contributed by atoms with Gasteiger partial charge in [0.2, 0.25) is 0 Å². The van der Waals surface area contributed by atoms with Crippen molar-refractivity contribution in [3.05, 3.63) is 71.2 Å². The Bertz CT molecular complexity index is 985. The standard InChI is InChI=1S/C23H25N3/c1-5-6-7-17(2)22-15-11-19-16-20(24-23(19)25-22)12-8-18-9-13-21(14-10-18)26(3)4/h5-7,9,11,13,15-16H,10,14H2,1-4H3,(H,24,25)/b6-5-,17-7+. The molecule has 3 nitrogen and oxygen atoms in total. The van der Waals surface area contributed by atoms with Gasteiger partial charge in [0.15, 0.2) is 0 Å². The zero-order valence-electron chi connectivity index (χ0n) is 15.9. The summed E-state index contributed by atoms with van der Waals surface area (Å²) in [5.74, 6) is 6.54. The summed E-state index contributed by atoms with van der Waals surface area (Å²) in [6.07, 6.45) is 12.4. The highest BCUT2D eigenvalue weighted by Gasteiger charge is 2.06. The molecular weight excluding hydrogens is 318 g/mol. The van der Waals surface area contributed by atoms with Gasteiger partial charge in [-0.3, -0.25) is 0 Å². The molecule has 0 saturated heterocycles. The molecule has 132 valence electrons. The highest BCUT2D eigenvalue weighted by Crippen LogP contribution is 2.20. The monoisotopic (exact) mass is 343 g/mol. The molecule has 1 aliphatic rings. The zero-order valence-corrected chi connectivity index (χ0v) is 15.9. The van der Waals surface area contributed by atoms with Crippen LogP contribution in [0.5, 0.6) is 0 Å². The summed E-state index contributed by atoms with van der Waals surface area (Å²) >= 11 is 0. The Hall–Kier alpha value is -2.99. The van der Waals surface area contributed by atoms with Crippen LogP contribution < -0.4 is 0 Å². The van der Waals surface area contributed by atoms with Crippen molar-refractivity contribution in [2.45, 2.75) is 26.7 Å². The molecule has 2 aromatic heterocycles. The van der Waals surface area contributed by atoms with Gasteiger partial charge in [0.25, 0.3) is 0 Å². The van der Waals surface area contributed by atoms with Gasteiger partial charge in [-0.25, -0.2) is 4.98 Å². The lowest BCUT2D eigenvalue weighted by Crippen LogP contribution is -2.12. The maximum Gasteiger partial charge on any atom is 0.138 e. The highest BCUT2D eigenvalue weighted by atomic mass is 15.1. The second-order valence-electron chi connectivity index (χ2n) is 6.69. The van der Waals surface area contributed by atoms with Crippen LogP contribution >= 0.6 is 0 Å². The van der Waals surface area contributed by atoms with E-state index in [1.165, 1.54) is 11.3 Å². The molecule has 1 N–H and O–H groups in total. The zero-order chi connectivity index (χ0) is 18.5. The first-order valence-corrected chi connectivity index (χ1v) is 8.95. The quantitative estimate of drug-likeness (QED) is 0.624. The Morgan fingerprint density at radius 3 is 2.73 bits per heavy atom. The second kappa shape index (κ2) is 7.93. The van der Waals surface area contributed by atoms with Crippen LogP contribution in [-0.4, -0.2) is 29.0 Å². The fraction of sp³-hybridized carbons (Fsp3) is 0.261. The molecule has 0 amide bonds. The molecule has 0 saturated carbocycles. The fourth-order valence-corrected chi connectivity index (χ4v) is 2.87. The third-order valence-electron chi connectivity index (χ3n) is 4.48. The highest BCUT2D eigenvalue weighted by molar-refractivity contribution is 5.80. The Kier molecular flexibility index (Phi) is 5.43. The van der Waals surface area contributed by atoms with Crippen molar-refractivity contribution >= 4 is 16.6 Å². The van der Waals surface area contributed by atoms with Gasteiger partial charge in [-0.2, -0.15) is 0 Å². The third kappa shape index (κ3) is 4.15. The lowest BCUT2D eigenvalue weighted by Gasteiger charge is -2.19. The van der Waals surface area contributed by atoms with Crippen LogP contribution in [0.4, 0.5) is 0 Å². The molecule has 0 spiro atoms. The molecular formula is C23H25N3. The summed E-state index contributed by atoms with van der Waals surface area (Å²) < 4.78 is 0. The van der Waals surface area contributed by atoms with Crippen LogP contribution in [0.15, 0.2) is 59.8 Å². The molecule has 0 fully saturated rings. The molecule has 2 heterocycles. The van der Waals surface area contributed by atoms with Crippen LogP contribution in [0, 0.1) is 11.8 Å². The van der Waals surface area contributed by atoms with Gasteiger partial charge in [-0.15, -0.1) is 0 Å². The number of rotatable bonds is 3. The molecule has 0 atom stereocenters. The Morgan fingerprint density at radius 1 is 1.19 bits per heavy atom. The van der Waals surface area contributed by atoms with E-state index in [4.69, 9.17) is 4.98 Å². The molecule has 3 rings (SSSR count). The summed E-state index contributed by atoms with van der Waals surface area (Å²) in [7, 11) is 4.16. The van der Waals surface area contributed by atoms with Crippen molar-refractivity contribution < 1.29 is 0 Å². The molecule has 0 aliphatic heterocycles. The van der Waals surface area contributed by atoms with Gasteiger partial charge in [-0.05, 0) is 68.5 Å². The van der Waals surface area contributed by atoms with E-state index in [1.54, 1.807) is 0 Å². The predicted molar refractivity (Wildman–Crippen MR) is 111 cm³/mol. The second-order valence-corrected chi connectivity index (χ2v) is 6.69. The summed E-state index contributed by atoms with van der Waals surface area (Å²) in [5, 5.41) is 1.09. The average molecular weight is 343 g/mol. The van der Waals surface area contributed by atoms with Crippen LogP contribution in [0.25, 0.3) is 16.6 Å². The van der Waals surface area contributed by atoms with Crippen LogP contribution in [0.1, 0.15) is 38.1 Å². The number of fused-ring (bicyclic) bond motifs is 1. The van der Waals surface area contributed by atoms with Gasteiger partial charge in [0.1, 0.15) is 5.65 Å². The van der Waals surface area contributed by atoms with E-state index >= 15 is 0 Å². The Labute approximate surface area is 155 Å². The van der Waals surface area contributed by atoms with Crippen LogP contribution in [0.3, 0.4) is 0 Å². The number of H-pyrrole nitrogens is 1. The number of pyridine rings is 1. The maximum atomic E-state index is 4.72. The predicted octanol–water partition coefficient (Wildman–Crippen LogP) is 5.06. The van der Waals surface area contributed by atoms with E-state index in [1.807, 2.05) is 19.1 Å². The molecule has 0 bridgehead atoms. The van der Waals surface area contributed by atoms with E-state index < -0.39 is 0 Å². The first-order valence-electron chi connectivity index (χ1n) is 8.95. The van der Waals surface area contributed by atoms with Crippen LogP contribution in [-0.2, 0) is 0 Å². The lowest BCUT2D eigenvalue weighted by molar-refractivity contribution is 0.484. The van der Waals surface area contributed by atoms with Gasteiger partial charge in [0.05, 0.1) is 11.4 Å². The maximum absolute atomic E-state index is 4.72. The minimum atomic E-state index is 0.882. The largest absolute Gasteiger partial charge is 0.381 e. The van der Waals surface area contributed by atoms with Gasteiger partial charge in [0, 0.05) is 30.8 Å². The van der Waals surface area contributed by atoms with E-state index in [-0.39, 0.29) is 0 Å². The van der Waals surface area contributed by atoms with Crippen LogP contribution in [0.2, 0.25) is 0 Å². The third-order valence-corrected chi connectivity index (χ3v) is 4.48. The van der Waals surface area contributed by atoms with Crippen molar-refractivity contribution in [1.29, 1.82) is 0 Å². The number of aromatic nitrogens is 2. The first-order chi connectivity index (χ1) is 12.6. The van der Waals surface area contributed by atoms with Crippen molar-refractivity contribution in [3.63, 3.8) is 0 Å². The number of hydrogen-bond acceptors (Lipinski definition) is 2. The summed E-state index contributed by atoms with van der Waals surface area (Å²) in [4.78, 5) is 10.2. The van der Waals surface area contributed by atoms with E-state index in [0.717, 1.165) is 40.8 Å². The molecule has 0 aromatic carbocycles. The topological polar surface area (TPSA) is 31.9 Å². The Morgan fingerprint density at radius 2 is 2.04 bits per heavy atom. The van der Waals surface area contributed by atoms with Crippen molar-refractivity contribution in [1.82, 2.24) is 14.9 Å². The smallest absolute Gasteiger partial charge is 0.138 e. The van der Waals surface area contributed by atoms with E-state index in [0.29, 0.717) is 0 Å². The molecule has 0 radical (unpaired) electrons. The van der Waals surface area contributed by atoms with Gasteiger partial charge in [-0.1, -0.05) is 24.1 Å². The van der Waals surface area contributed by atoms with E-state index in [2.05, 4.69) is 79.2 Å². The van der Waals surface area contributed by atoms with Gasteiger partial charge >= 0.3 is 0 Å².